The van der Waals surface area contributed by atoms with Gasteiger partial charge in [-0.15, -0.1) is 0 Å². The third kappa shape index (κ3) is 2.45. The van der Waals surface area contributed by atoms with Crippen molar-refractivity contribution in [2.24, 2.45) is 0 Å². The molecule has 29 heavy (non-hydrogen) atoms. The molecule has 0 unspecified atom stereocenters. The molecule has 3 aromatic carbocycles. The predicted molar refractivity (Wildman–Crippen MR) is 124 cm³/mol. The Morgan fingerprint density at radius 2 is 1.03 bits per heavy atom. The van der Waals surface area contributed by atoms with E-state index in [9.17, 15) is 0 Å². The van der Waals surface area contributed by atoms with E-state index < -0.39 is 6.98 Å². The molecule has 0 saturated carbocycles. The van der Waals surface area contributed by atoms with Crippen molar-refractivity contribution in [3.63, 3.8) is 0 Å². The van der Waals surface area contributed by atoms with Crippen LogP contribution in [0.15, 0.2) is 66.7 Å². The van der Waals surface area contributed by atoms with Gasteiger partial charge in [0, 0.05) is 29.5 Å². The highest BCUT2D eigenvalue weighted by atomic mass is 15.4. The quantitative estimate of drug-likeness (QED) is 0.546. The Bertz CT molecular complexity index is 1180. The first-order valence-corrected chi connectivity index (χ1v) is 10.1. The van der Waals surface area contributed by atoms with Crippen molar-refractivity contribution in [2.75, 3.05) is 33.6 Å². The molecule has 0 N–H and O–H groups in total. The molecule has 0 amide bonds. The highest BCUT2D eigenvalue weighted by Crippen LogP contribution is 2.48. The summed E-state index contributed by atoms with van der Waals surface area (Å²) in [5, 5.41) is 0. The van der Waals surface area contributed by atoms with Crippen molar-refractivity contribution in [1.29, 1.82) is 0 Å². The first kappa shape index (κ1) is 14.8. The second-order valence-electron chi connectivity index (χ2n) is 7.88. The third-order valence-corrected chi connectivity index (χ3v) is 6.40. The zero-order valence-electron chi connectivity index (χ0n) is 20.3. The zero-order valence-corrected chi connectivity index (χ0v) is 17.3. The molecular weight excluding hydrogens is 356 g/mol. The Balaban J connectivity index is 1.65. The van der Waals surface area contributed by atoms with Crippen molar-refractivity contribution in [3.05, 3.63) is 72.3 Å². The Hall–Kier alpha value is -3.14. The van der Waals surface area contributed by atoms with Gasteiger partial charge >= 0.3 is 0 Å². The van der Waals surface area contributed by atoms with E-state index in [2.05, 4.69) is 78.1 Å². The lowest BCUT2D eigenvalue weighted by Crippen LogP contribution is -2.37. The lowest BCUT2D eigenvalue weighted by molar-refractivity contribution is 0.725. The summed E-state index contributed by atoms with van der Waals surface area (Å²) < 4.78 is 24.4. The first-order chi connectivity index (χ1) is 15.2. The van der Waals surface area contributed by atoms with Gasteiger partial charge in [-0.05, 0) is 62.7 Å². The molecule has 3 aromatic rings. The standard InChI is InChI=1S/C25H28N4/c1-17-20(28-18(2)26(4)22-11-6-8-13-24(22)28)15-10-16-21(17)29-19(3)27(5)23-12-7-9-14-25(23)29/h6-16,18-19H,1-5H3/t18-,19+/i4D3/m0/s1. The molecule has 0 fully saturated rings. The van der Waals surface area contributed by atoms with Crippen LogP contribution in [0, 0.1) is 6.92 Å². The van der Waals surface area contributed by atoms with Crippen LogP contribution in [-0.2, 0) is 0 Å². The van der Waals surface area contributed by atoms with Gasteiger partial charge in [0.25, 0.3) is 0 Å². The number of hydrogen-bond acceptors (Lipinski definition) is 4. The van der Waals surface area contributed by atoms with Crippen molar-refractivity contribution in [1.82, 2.24) is 0 Å². The topological polar surface area (TPSA) is 13.0 Å². The van der Waals surface area contributed by atoms with Crippen LogP contribution in [0.4, 0.5) is 34.1 Å². The average molecular weight is 388 g/mol. The van der Waals surface area contributed by atoms with Gasteiger partial charge in [-0.1, -0.05) is 30.3 Å². The molecule has 4 heteroatoms. The second-order valence-corrected chi connectivity index (χ2v) is 7.88. The molecule has 0 spiro atoms. The predicted octanol–water partition coefficient (Wildman–Crippen LogP) is 5.86. The summed E-state index contributed by atoms with van der Waals surface area (Å²) in [6.45, 7) is 4.07. The molecule has 2 aliphatic heterocycles. The Labute approximate surface area is 177 Å². The smallest absolute Gasteiger partial charge is 0.103 e. The van der Waals surface area contributed by atoms with E-state index >= 15 is 0 Å². The number of benzene rings is 3. The molecule has 2 aliphatic rings. The van der Waals surface area contributed by atoms with Gasteiger partial charge in [0.2, 0.25) is 0 Å². The van der Waals surface area contributed by atoms with E-state index in [0.717, 1.165) is 28.3 Å². The Morgan fingerprint density at radius 3 is 1.55 bits per heavy atom. The van der Waals surface area contributed by atoms with E-state index in [1.165, 1.54) is 16.3 Å². The molecule has 0 aliphatic carbocycles. The molecule has 5 rings (SSSR count). The van der Waals surface area contributed by atoms with E-state index in [1.54, 1.807) is 0 Å². The van der Waals surface area contributed by atoms with E-state index in [-0.39, 0.29) is 12.3 Å². The maximum absolute atomic E-state index is 8.12. The Morgan fingerprint density at radius 1 is 0.621 bits per heavy atom. The summed E-state index contributed by atoms with van der Waals surface area (Å²) in [6.07, 6.45) is -0.164. The lowest BCUT2D eigenvalue weighted by Gasteiger charge is -2.33. The fraction of sp³-hybridized carbons (Fsp3) is 0.280. The van der Waals surface area contributed by atoms with Gasteiger partial charge in [0.1, 0.15) is 12.3 Å². The molecule has 148 valence electrons. The monoisotopic (exact) mass is 387 g/mol. The van der Waals surface area contributed by atoms with E-state index in [1.807, 2.05) is 31.2 Å². The average Bonchev–Trinajstić information content (AvgIpc) is 3.19. The summed E-state index contributed by atoms with van der Waals surface area (Å²) in [5.41, 5.74) is 7.32. The zero-order chi connectivity index (χ0) is 22.8. The van der Waals surface area contributed by atoms with Crippen LogP contribution in [0.3, 0.4) is 0 Å². The van der Waals surface area contributed by atoms with Gasteiger partial charge in [0.15, 0.2) is 0 Å². The molecule has 0 bridgehead atoms. The van der Waals surface area contributed by atoms with Crippen molar-refractivity contribution < 1.29 is 4.11 Å². The highest BCUT2D eigenvalue weighted by molar-refractivity contribution is 5.89. The number of para-hydroxylation sites is 4. The molecule has 0 radical (unpaired) electrons. The van der Waals surface area contributed by atoms with Gasteiger partial charge < -0.3 is 19.6 Å². The maximum Gasteiger partial charge on any atom is 0.103 e. The van der Waals surface area contributed by atoms with Crippen molar-refractivity contribution >= 4 is 34.1 Å². The number of anilines is 6. The van der Waals surface area contributed by atoms with Crippen LogP contribution in [-0.4, -0.2) is 26.4 Å². The van der Waals surface area contributed by atoms with Gasteiger partial charge in [-0.2, -0.15) is 0 Å². The van der Waals surface area contributed by atoms with Crippen molar-refractivity contribution in [3.8, 4) is 0 Å². The summed E-state index contributed by atoms with van der Waals surface area (Å²) in [4.78, 5) is 8.33. The number of fused-ring (bicyclic) bond motifs is 2. The number of rotatable bonds is 2. The van der Waals surface area contributed by atoms with Crippen LogP contribution in [0.5, 0.6) is 0 Å². The van der Waals surface area contributed by atoms with Gasteiger partial charge in [0.05, 0.1) is 22.7 Å². The largest absolute Gasteiger partial charge is 0.353 e. The molecule has 0 saturated heterocycles. The Kier molecular flexibility index (Phi) is 3.29. The van der Waals surface area contributed by atoms with Gasteiger partial charge in [-0.25, -0.2) is 0 Å². The minimum atomic E-state index is -2.22. The van der Waals surface area contributed by atoms with Crippen LogP contribution in [0.2, 0.25) is 0 Å². The number of nitrogens with zero attached hydrogens (tertiary/aromatic N) is 4. The van der Waals surface area contributed by atoms with Crippen molar-refractivity contribution in [2.45, 2.75) is 33.1 Å². The number of hydrogen-bond donors (Lipinski definition) is 0. The van der Waals surface area contributed by atoms with E-state index in [0.29, 0.717) is 0 Å². The van der Waals surface area contributed by atoms with Gasteiger partial charge in [-0.3, -0.25) is 0 Å². The highest BCUT2D eigenvalue weighted by Gasteiger charge is 2.35. The minimum Gasteiger partial charge on any atom is -0.353 e. The minimum absolute atomic E-state index is 0.170. The third-order valence-electron chi connectivity index (χ3n) is 6.40. The fourth-order valence-corrected chi connectivity index (χ4v) is 4.73. The van der Waals surface area contributed by atoms with Crippen LogP contribution >= 0.6 is 0 Å². The second kappa shape index (κ2) is 6.45. The maximum atomic E-state index is 8.12. The van der Waals surface area contributed by atoms with E-state index in [4.69, 9.17) is 4.11 Å². The summed E-state index contributed by atoms with van der Waals surface area (Å²) >= 11 is 0. The summed E-state index contributed by atoms with van der Waals surface area (Å²) in [6, 6.07) is 22.5. The van der Waals surface area contributed by atoms with Crippen LogP contribution < -0.4 is 19.6 Å². The normalized spacial score (nSPS) is 22.3. The molecule has 4 nitrogen and oxygen atoms in total. The summed E-state index contributed by atoms with van der Waals surface area (Å²) in [7, 11) is 2.12. The van der Waals surface area contributed by atoms with Crippen LogP contribution in [0.1, 0.15) is 23.5 Å². The summed E-state index contributed by atoms with van der Waals surface area (Å²) in [5.74, 6) is 0. The SMILES string of the molecule is [2H]C([2H])([2H])N1c2ccccc2N(c2cccc(N3c4ccccc4N(C)[C@H]3C)c2C)[C@H]1C. The molecule has 0 aromatic heterocycles. The van der Waals surface area contributed by atoms with Crippen LogP contribution in [0.25, 0.3) is 0 Å². The first-order valence-electron chi connectivity index (χ1n) is 11.6. The molecule has 2 atom stereocenters. The molecular formula is C25H28N4. The lowest BCUT2D eigenvalue weighted by atomic mass is 10.1. The molecule has 2 heterocycles. The fourth-order valence-electron chi connectivity index (χ4n) is 4.73.